The number of hydrogen-bond acceptors (Lipinski definition) is 2. The van der Waals surface area contributed by atoms with Crippen molar-refractivity contribution in [3.05, 3.63) is 28.1 Å². The van der Waals surface area contributed by atoms with E-state index in [1.807, 2.05) is 0 Å². The van der Waals surface area contributed by atoms with Gasteiger partial charge in [0.25, 0.3) is 5.56 Å². The molecule has 0 fully saturated rings. The predicted molar refractivity (Wildman–Crippen MR) is 36.6 cm³/mol. The first-order valence-corrected chi connectivity index (χ1v) is 2.83. The SMILES string of the molecule is C=c1ncc2cc(=O)[nH]n12. The van der Waals surface area contributed by atoms with Gasteiger partial charge in [-0.25, -0.2) is 9.50 Å². The lowest BCUT2D eigenvalue weighted by Crippen LogP contribution is -2.12. The normalized spacial score (nSPS) is 10.8. The van der Waals surface area contributed by atoms with Crippen LogP contribution in [0.5, 0.6) is 0 Å². The van der Waals surface area contributed by atoms with E-state index in [1.54, 1.807) is 10.7 Å². The van der Waals surface area contributed by atoms with Crippen LogP contribution in [0.4, 0.5) is 0 Å². The molecule has 2 heterocycles. The van der Waals surface area contributed by atoms with E-state index in [4.69, 9.17) is 0 Å². The average Bonchev–Trinajstić information content (AvgIpc) is 2.35. The smallest absolute Gasteiger partial charge is 0.265 e. The summed E-state index contributed by atoms with van der Waals surface area (Å²) in [6.07, 6.45) is 1.60. The summed E-state index contributed by atoms with van der Waals surface area (Å²) >= 11 is 0. The number of fused-ring (bicyclic) bond motifs is 1. The minimum atomic E-state index is -0.123. The van der Waals surface area contributed by atoms with Crippen molar-refractivity contribution in [2.75, 3.05) is 0 Å². The number of aromatic nitrogens is 3. The first-order valence-electron chi connectivity index (χ1n) is 2.83. The van der Waals surface area contributed by atoms with E-state index in [2.05, 4.69) is 16.7 Å². The largest absolute Gasteiger partial charge is 0.268 e. The molecule has 0 saturated carbocycles. The Morgan fingerprint density at radius 2 is 2.50 bits per heavy atom. The van der Waals surface area contributed by atoms with Crippen molar-refractivity contribution >= 4 is 12.1 Å². The molecule has 0 atom stereocenters. The number of rotatable bonds is 0. The summed E-state index contributed by atoms with van der Waals surface area (Å²) in [4.78, 5) is 14.5. The van der Waals surface area contributed by atoms with Gasteiger partial charge in [-0.15, -0.1) is 0 Å². The molecular weight excluding hydrogens is 130 g/mol. The van der Waals surface area contributed by atoms with Crippen LogP contribution in [-0.2, 0) is 0 Å². The quantitative estimate of drug-likeness (QED) is 0.511. The van der Waals surface area contributed by atoms with Crippen molar-refractivity contribution in [3.8, 4) is 0 Å². The first-order chi connectivity index (χ1) is 4.77. The summed E-state index contributed by atoms with van der Waals surface area (Å²) in [5.41, 5.74) is 1.19. The highest BCUT2D eigenvalue weighted by Crippen LogP contribution is 1.88. The third-order valence-corrected chi connectivity index (χ3v) is 1.36. The number of aromatic amines is 1. The summed E-state index contributed by atoms with van der Waals surface area (Å²) in [5.74, 6) is 0. The molecule has 0 amide bonds. The van der Waals surface area contributed by atoms with Gasteiger partial charge < -0.3 is 0 Å². The van der Waals surface area contributed by atoms with Gasteiger partial charge in [0, 0.05) is 6.07 Å². The lowest BCUT2D eigenvalue weighted by molar-refractivity contribution is 0.897. The van der Waals surface area contributed by atoms with Crippen LogP contribution in [0, 0.1) is 0 Å². The fourth-order valence-electron chi connectivity index (χ4n) is 0.913. The third kappa shape index (κ3) is 0.500. The highest BCUT2D eigenvalue weighted by Gasteiger charge is 1.95. The zero-order chi connectivity index (χ0) is 7.14. The van der Waals surface area contributed by atoms with Crippen molar-refractivity contribution in [1.82, 2.24) is 14.6 Å². The highest BCUT2D eigenvalue weighted by atomic mass is 16.1. The molecular formula is C6H5N3O. The number of hydrogen-bond donors (Lipinski definition) is 1. The lowest BCUT2D eigenvalue weighted by atomic mass is 10.6. The second-order valence-electron chi connectivity index (χ2n) is 2.06. The van der Waals surface area contributed by atoms with Gasteiger partial charge in [-0.2, -0.15) is 0 Å². The van der Waals surface area contributed by atoms with E-state index in [9.17, 15) is 4.79 Å². The van der Waals surface area contributed by atoms with Gasteiger partial charge in [0.15, 0.2) is 0 Å². The number of nitrogens with one attached hydrogen (secondary N) is 1. The van der Waals surface area contributed by atoms with E-state index < -0.39 is 0 Å². The second kappa shape index (κ2) is 1.47. The first kappa shape index (κ1) is 5.22. The lowest BCUT2D eigenvalue weighted by Gasteiger charge is -1.77. The van der Waals surface area contributed by atoms with Crippen LogP contribution in [-0.4, -0.2) is 14.6 Å². The van der Waals surface area contributed by atoms with Crippen LogP contribution < -0.4 is 11.0 Å². The molecule has 0 aliphatic heterocycles. The molecule has 0 radical (unpaired) electrons. The molecule has 4 nitrogen and oxygen atoms in total. The van der Waals surface area contributed by atoms with Crippen molar-refractivity contribution in [3.63, 3.8) is 0 Å². The van der Waals surface area contributed by atoms with Gasteiger partial charge in [-0.3, -0.25) is 9.89 Å². The van der Waals surface area contributed by atoms with Gasteiger partial charge in [-0.05, 0) is 0 Å². The summed E-state index contributed by atoms with van der Waals surface area (Å²) < 4.78 is 1.54. The molecule has 2 rings (SSSR count). The van der Waals surface area contributed by atoms with Crippen LogP contribution in [0.25, 0.3) is 12.1 Å². The van der Waals surface area contributed by atoms with Gasteiger partial charge in [-0.1, -0.05) is 6.58 Å². The molecule has 2 aromatic heterocycles. The van der Waals surface area contributed by atoms with E-state index in [0.29, 0.717) is 5.48 Å². The molecule has 0 aliphatic rings. The van der Waals surface area contributed by atoms with Gasteiger partial charge in [0.05, 0.1) is 11.7 Å². The van der Waals surface area contributed by atoms with E-state index in [0.717, 1.165) is 5.52 Å². The van der Waals surface area contributed by atoms with E-state index >= 15 is 0 Å². The molecule has 0 aromatic carbocycles. The molecule has 0 spiro atoms. The standard InChI is InChI=1S/C6H5N3O/c1-4-7-3-5-2-6(10)8-9(4)5/h2-3H,1H2,(H,8,10). The molecule has 2 aromatic rings. The summed E-state index contributed by atoms with van der Waals surface area (Å²) in [6.45, 7) is 3.60. The molecule has 0 saturated heterocycles. The Labute approximate surface area is 55.8 Å². The number of nitrogens with zero attached hydrogens (tertiary/aromatic N) is 2. The minimum Gasteiger partial charge on any atom is -0.268 e. The molecule has 0 unspecified atom stereocenters. The Kier molecular flexibility index (Phi) is 0.768. The molecule has 0 bridgehead atoms. The fourth-order valence-corrected chi connectivity index (χ4v) is 0.913. The van der Waals surface area contributed by atoms with Crippen LogP contribution in [0.2, 0.25) is 0 Å². The molecule has 0 aliphatic carbocycles. The Balaban J connectivity index is 3.18. The van der Waals surface area contributed by atoms with Crippen molar-refractivity contribution < 1.29 is 0 Å². The topological polar surface area (TPSA) is 50.2 Å². The molecule has 1 N–H and O–H groups in total. The van der Waals surface area contributed by atoms with Crippen LogP contribution in [0.3, 0.4) is 0 Å². The van der Waals surface area contributed by atoms with Crippen LogP contribution in [0.15, 0.2) is 17.1 Å². The number of H-pyrrole nitrogens is 1. The maximum atomic E-state index is 10.7. The summed E-state index contributed by atoms with van der Waals surface area (Å²) in [5, 5.41) is 2.54. The van der Waals surface area contributed by atoms with Crippen molar-refractivity contribution in [2.45, 2.75) is 0 Å². The summed E-state index contributed by atoms with van der Waals surface area (Å²) in [6, 6.07) is 1.47. The third-order valence-electron chi connectivity index (χ3n) is 1.36. The predicted octanol–water partition coefficient (Wildman–Crippen LogP) is -0.848. The number of imidazole rings is 1. The highest BCUT2D eigenvalue weighted by molar-refractivity contribution is 5.42. The van der Waals surface area contributed by atoms with E-state index in [-0.39, 0.29) is 5.56 Å². The fraction of sp³-hybridized carbons (Fsp3) is 0. The molecule has 10 heavy (non-hydrogen) atoms. The molecule has 4 heteroatoms. The maximum Gasteiger partial charge on any atom is 0.265 e. The van der Waals surface area contributed by atoms with Crippen molar-refractivity contribution in [1.29, 1.82) is 0 Å². The van der Waals surface area contributed by atoms with Gasteiger partial charge >= 0.3 is 0 Å². The van der Waals surface area contributed by atoms with Gasteiger partial charge in [0.2, 0.25) is 0 Å². The van der Waals surface area contributed by atoms with E-state index in [1.165, 1.54) is 6.07 Å². The second-order valence-corrected chi connectivity index (χ2v) is 2.06. The average molecular weight is 135 g/mol. The van der Waals surface area contributed by atoms with Crippen LogP contribution in [0.1, 0.15) is 0 Å². The van der Waals surface area contributed by atoms with Crippen molar-refractivity contribution in [2.24, 2.45) is 0 Å². The van der Waals surface area contributed by atoms with Gasteiger partial charge in [0.1, 0.15) is 5.48 Å². The zero-order valence-electron chi connectivity index (χ0n) is 5.16. The Bertz CT molecular complexity index is 453. The monoisotopic (exact) mass is 135 g/mol. The molecule has 50 valence electrons. The Morgan fingerprint density at radius 1 is 1.70 bits per heavy atom. The van der Waals surface area contributed by atoms with Crippen LogP contribution >= 0.6 is 0 Å². The summed E-state index contributed by atoms with van der Waals surface area (Å²) in [7, 11) is 0. The zero-order valence-corrected chi connectivity index (χ0v) is 5.16. The Morgan fingerprint density at radius 3 is 3.20 bits per heavy atom. The Hall–Kier alpha value is -1.58. The minimum absolute atomic E-state index is 0.123. The maximum absolute atomic E-state index is 10.7.